The molecule has 0 aliphatic rings. The van der Waals surface area contributed by atoms with Crippen molar-refractivity contribution in [2.45, 2.75) is 6.92 Å². The third-order valence-electron chi connectivity index (χ3n) is 4.11. The van der Waals surface area contributed by atoms with Crippen LogP contribution >= 0.6 is 0 Å². The Morgan fingerprint density at radius 1 is 0.828 bits per heavy atom. The summed E-state index contributed by atoms with van der Waals surface area (Å²) >= 11 is 0. The summed E-state index contributed by atoms with van der Waals surface area (Å²) in [7, 11) is 0. The molecule has 5 nitrogen and oxygen atoms in total. The summed E-state index contributed by atoms with van der Waals surface area (Å²) in [5.74, 6) is -0.728. The molecular weight excluding hydrogens is 362 g/mol. The Morgan fingerprint density at radius 2 is 1.52 bits per heavy atom. The van der Waals surface area contributed by atoms with Crippen molar-refractivity contribution in [2.24, 2.45) is 5.10 Å². The van der Waals surface area contributed by atoms with Gasteiger partial charge in [-0.05, 0) is 36.3 Å². The second-order valence-electron chi connectivity index (χ2n) is 6.39. The first-order valence-electron chi connectivity index (χ1n) is 9.15. The number of benzene rings is 3. The van der Waals surface area contributed by atoms with E-state index in [0.29, 0.717) is 11.3 Å². The zero-order valence-electron chi connectivity index (χ0n) is 16.0. The number of rotatable bonds is 6. The molecular formula is C24H21N3O2. The van der Waals surface area contributed by atoms with E-state index in [1.807, 2.05) is 61.5 Å². The molecule has 3 aromatic carbocycles. The number of aryl methyl sites for hydroxylation is 1. The van der Waals surface area contributed by atoms with E-state index in [9.17, 15) is 9.59 Å². The number of para-hydroxylation sites is 1. The molecule has 0 aromatic heterocycles. The fraction of sp³-hybridized carbons (Fsp3) is 0.0417. The lowest BCUT2D eigenvalue weighted by Gasteiger charge is -2.08. The molecule has 2 amide bonds. The van der Waals surface area contributed by atoms with Crippen molar-refractivity contribution in [3.8, 4) is 0 Å². The van der Waals surface area contributed by atoms with Gasteiger partial charge in [0.2, 0.25) is 5.91 Å². The fourth-order valence-electron chi connectivity index (χ4n) is 2.58. The van der Waals surface area contributed by atoms with E-state index < -0.39 is 5.91 Å². The first-order valence-corrected chi connectivity index (χ1v) is 9.15. The summed E-state index contributed by atoms with van der Waals surface area (Å²) in [5.41, 5.74) is 6.18. The predicted octanol–water partition coefficient (Wildman–Crippen LogP) is 4.41. The molecule has 0 unspecified atom stereocenters. The highest BCUT2D eigenvalue weighted by atomic mass is 16.2. The van der Waals surface area contributed by atoms with Crippen LogP contribution in [0.4, 0.5) is 5.69 Å². The molecule has 0 saturated heterocycles. The summed E-state index contributed by atoms with van der Waals surface area (Å²) in [4.78, 5) is 24.7. The SMILES string of the molecule is Cc1ccc(/C=N\NC(=O)c2ccccc2NC(=O)/C=C/c2ccccc2)cc1. The predicted molar refractivity (Wildman–Crippen MR) is 117 cm³/mol. The summed E-state index contributed by atoms with van der Waals surface area (Å²) in [5, 5.41) is 6.73. The molecule has 3 rings (SSSR count). The van der Waals surface area contributed by atoms with Crippen molar-refractivity contribution in [1.82, 2.24) is 5.43 Å². The van der Waals surface area contributed by atoms with Crippen molar-refractivity contribution in [1.29, 1.82) is 0 Å². The van der Waals surface area contributed by atoms with Crippen LogP contribution in [-0.2, 0) is 4.79 Å². The van der Waals surface area contributed by atoms with Gasteiger partial charge in [0.15, 0.2) is 0 Å². The number of amides is 2. The molecule has 3 aromatic rings. The number of hydrogen-bond acceptors (Lipinski definition) is 3. The van der Waals surface area contributed by atoms with Gasteiger partial charge in [-0.1, -0.05) is 72.3 Å². The number of anilines is 1. The van der Waals surface area contributed by atoms with Gasteiger partial charge in [0, 0.05) is 6.08 Å². The minimum absolute atomic E-state index is 0.322. The summed E-state index contributed by atoms with van der Waals surface area (Å²) in [6, 6.07) is 24.1. The zero-order valence-corrected chi connectivity index (χ0v) is 16.0. The molecule has 0 radical (unpaired) electrons. The van der Waals surface area contributed by atoms with Gasteiger partial charge < -0.3 is 5.32 Å². The number of carbonyl (C=O) groups is 2. The number of nitrogens with one attached hydrogen (secondary N) is 2. The quantitative estimate of drug-likeness (QED) is 0.376. The number of hydrazone groups is 1. The molecule has 0 bridgehead atoms. The van der Waals surface area contributed by atoms with Crippen LogP contribution in [0.5, 0.6) is 0 Å². The van der Waals surface area contributed by atoms with E-state index in [1.165, 1.54) is 6.08 Å². The second kappa shape index (κ2) is 9.80. The summed E-state index contributed by atoms with van der Waals surface area (Å²) in [6.45, 7) is 2.00. The van der Waals surface area contributed by atoms with Gasteiger partial charge in [0.05, 0.1) is 17.5 Å². The van der Waals surface area contributed by atoms with Crippen molar-refractivity contribution in [2.75, 3.05) is 5.32 Å². The second-order valence-corrected chi connectivity index (χ2v) is 6.39. The average Bonchev–Trinajstić information content (AvgIpc) is 2.75. The zero-order chi connectivity index (χ0) is 20.5. The Kier molecular flexibility index (Phi) is 6.68. The van der Waals surface area contributed by atoms with Crippen molar-refractivity contribution < 1.29 is 9.59 Å². The lowest BCUT2D eigenvalue weighted by Crippen LogP contribution is -2.20. The molecule has 5 heteroatoms. The number of nitrogens with zero attached hydrogens (tertiary/aromatic N) is 1. The number of hydrogen-bond donors (Lipinski definition) is 2. The van der Waals surface area contributed by atoms with Crippen LogP contribution in [0.2, 0.25) is 0 Å². The normalized spacial score (nSPS) is 10.9. The Bertz CT molecular complexity index is 1040. The maximum absolute atomic E-state index is 12.5. The highest BCUT2D eigenvalue weighted by Gasteiger charge is 2.11. The van der Waals surface area contributed by atoms with Gasteiger partial charge in [-0.25, -0.2) is 5.43 Å². The Labute approximate surface area is 169 Å². The Morgan fingerprint density at radius 3 is 2.28 bits per heavy atom. The fourth-order valence-corrected chi connectivity index (χ4v) is 2.58. The summed E-state index contributed by atoms with van der Waals surface area (Å²) < 4.78 is 0. The Hall–Kier alpha value is -3.99. The van der Waals surface area contributed by atoms with Crippen LogP contribution in [0.3, 0.4) is 0 Å². The molecule has 0 fully saturated rings. The summed E-state index contributed by atoms with van der Waals surface area (Å²) in [6.07, 6.45) is 4.71. The van der Waals surface area contributed by atoms with Gasteiger partial charge in [-0.15, -0.1) is 0 Å². The molecule has 0 aliphatic heterocycles. The smallest absolute Gasteiger partial charge is 0.273 e. The van der Waals surface area contributed by atoms with Crippen molar-refractivity contribution >= 4 is 29.8 Å². The lowest BCUT2D eigenvalue weighted by atomic mass is 10.1. The molecule has 0 heterocycles. The van der Waals surface area contributed by atoms with Gasteiger partial charge in [-0.3, -0.25) is 9.59 Å². The minimum Gasteiger partial charge on any atom is -0.322 e. The van der Waals surface area contributed by atoms with Crippen LogP contribution < -0.4 is 10.7 Å². The van der Waals surface area contributed by atoms with Crippen molar-refractivity contribution in [3.63, 3.8) is 0 Å². The van der Waals surface area contributed by atoms with E-state index >= 15 is 0 Å². The van der Waals surface area contributed by atoms with Crippen LogP contribution in [0.1, 0.15) is 27.0 Å². The van der Waals surface area contributed by atoms with E-state index in [1.54, 1.807) is 36.6 Å². The van der Waals surface area contributed by atoms with Crippen LogP contribution in [0, 0.1) is 6.92 Å². The van der Waals surface area contributed by atoms with Gasteiger partial charge in [-0.2, -0.15) is 5.10 Å². The molecule has 0 spiro atoms. The van der Waals surface area contributed by atoms with Crippen LogP contribution in [0.15, 0.2) is 90.0 Å². The monoisotopic (exact) mass is 383 g/mol. The third kappa shape index (κ3) is 6.01. The molecule has 144 valence electrons. The molecule has 0 aliphatic carbocycles. The highest BCUT2D eigenvalue weighted by Crippen LogP contribution is 2.15. The average molecular weight is 383 g/mol. The minimum atomic E-state index is -0.406. The van der Waals surface area contributed by atoms with Crippen LogP contribution in [-0.4, -0.2) is 18.0 Å². The van der Waals surface area contributed by atoms with E-state index in [2.05, 4.69) is 15.8 Å². The largest absolute Gasteiger partial charge is 0.322 e. The lowest BCUT2D eigenvalue weighted by molar-refractivity contribution is -0.111. The molecule has 0 atom stereocenters. The number of carbonyl (C=O) groups excluding carboxylic acids is 2. The molecule has 2 N–H and O–H groups in total. The van der Waals surface area contributed by atoms with Gasteiger partial charge in [0.1, 0.15) is 0 Å². The Balaban J connectivity index is 1.64. The van der Waals surface area contributed by atoms with Gasteiger partial charge >= 0.3 is 0 Å². The van der Waals surface area contributed by atoms with Crippen molar-refractivity contribution in [3.05, 3.63) is 107 Å². The maximum atomic E-state index is 12.5. The third-order valence-corrected chi connectivity index (χ3v) is 4.11. The van der Waals surface area contributed by atoms with E-state index in [0.717, 1.165) is 16.7 Å². The first kappa shape index (κ1) is 19.8. The highest BCUT2D eigenvalue weighted by molar-refractivity contribution is 6.07. The first-order chi connectivity index (χ1) is 14.1. The van der Waals surface area contributed by atoms with E-state index in [-0.39, 0.29) is 5.91 Å². The molecule has 0 saturated carbocycles. The van der Waals surface area contributed by atoms with E-state index in [4.69, 9.17) is 0 Å². The van der Waals surface area contributed by atoms with Crippen LogP contribution in [0.25, 0.3) is 6.08 Å². The molecule has 29 heavy (non-hydrogen) atoms. The standard InChI is InChI=1S/C24H21N3O2/c1-18-11-13-20(14-12-18)17-25-27-24(29)21-9-5-6-10-22(21)26-23(28)16-15-19-7-3-2-4-8-19/h2-17H,1H3,(H,26,28)(H,27,29)/b16-15+,25-17-. The maximum Gasteiger partial charge on any atom is 0.273 e. The topological polar surface area (TPSA) is 70.6 Å². The van der Waals surface area contributed by atoms with Gasteiger partial charge in [0.25, 0.3) is 5.91 Å².